The average molecular weight is 301 g/mol. The van der Waals surface area contributed by atoms with Crippen LogP contribution in [0.15, 0.2) is 29.4 Å². The van der Waals surface area contributed by atoms with E-state index in [2.05, 4.69) is 52.9 Å². The molecule has 1 saturated carbocycles. The first-order valence-electron chi connectivity index (χ1n) is 7.90. The fraction of sp³-hybridized carbons (Fsp3) is 0.529. The molecule has 3 nitrogen and oxygen atoms in total. The van der Waals surface area contributed by atoms with Crippen molar-refractivity contribution in [3.05, 3.63) is 41.2 Å². The van der Waals surface area contributed by atoms with Crippen molar-refractivity contribution >= 4 is 11.8 Å². The minimum atomic E-state index is 0.630. The molecule has 1 fully saturated rings. The number of nitrogens with zero attached hydrogens (tertiary/aromatic N) is 3. The van der Waals surface area contributed by atoms with E-state index in [1.54, 1.807) is 0 Å². The summed E-state index contributed by atoms with van der Waals surface area (Å²) in [5, 5.41) is 10.0. The number of aryl methyl sites for hydroxylation is 1. The molecule has 4 heteroatoms. The molecular formula is C17H23N3S. The summed E-state index contributed by atoms with van der Waals surface area (Å²) in [5.41, 5.74) is 2.74. The highest BCUT2D eigenvalue weighted by Gasteiger charge is 2.24. The van der Waals surface area contributed by atoms with Gasteiger partial charge in [-0.05, 0) is 37.8 Å². The first kappa shape index (κ1) is 14.6. The zero-order valence-electron chi connectivity index (χ0n) is 12.9. The van der Waals surface area contributed by atoms with Gasteiger partial charge in [-0.15, -0.1) is 10.2 Å². The van der Waals surface area contributed by atoms with Crippen LogP contribution in [0.3, 0.4) is 0 Å². The zero-order valence-corrected chi connectivity index (χ0v) is 13.7. The van der Waals surface area contributed by atoms with Gasteiger partial charge in [-0.2, -0.15) is 0 Å². The summed E-state index contributed by atoms with van der Waals surface area (Å²) in [5.74, 6) is 2.81. The van der Waals surface area contributed by atoms with Crippen LogP contribution in [-0.4, -0.2) is 14.8 Å². The summed E-state index contributed by atoms with van der Waals surface area (Å²) in [6.07, 6.45) is 5.24. The normalized spacial score (nSPS) is 15.7. The summed E-state index contributed by atoms with van der Waals surface area (Å²) in [6, 6.07) is 8.57. The summed E-state index contributed by atoms with van der Waals surface area (Å²) in [6.45, 7) is 5.33. The summed E-state index contributed by atoms with van der Waals surface area (Å²) >= 11 is 1.81. The molecule has 112 valence electrons. The molecule has 1 aromatic carbocycles. The van der Waals surface area contributed by atoms with E-state index < -0.39 is 0 Å². The van der Waals surface area contributed by atoms with Gasteiger partial charge in [0.2, 0.25) is 0 Å². The van der Waals surface area contributed by atoms with Gasteiger partial charge in [-0.3, -0.25) is 0 Å². The maximum Gasteiger partial charge on any atom is 0.191 e. The Hall–Kier alpha value is -1.29. The average Bonchev–Trinajstić information content (AvgIpc) is 3.15. The largest absolute Gasteiger partial charge is 0.306 e. The number of rotatable bonds is 5. The van der Waals surface area contributed by atoms with Crippen LogP contribution in [0.5, 0.6) is 0 Å². The van der Waals surface area contributed by atoms with Gasteiger partial charge in [0.25, 0.3) is 0 Å². The van der Waals surface area contributed by atoms with Crippen LogP contribution in [0.25, 0.3) is 0 Å². The maximum atomic E-state index is 4.50. The Morgan fingerprint density at radius 1 is 1.19 bits per heavy atom. The lowest BCUT2D eigenvalue weighted by molar-refractivity contribution is 0.576. The zero-order chi connectivity index (χ0) is 14.7. The van der Waals surface area contributed by atoms with Gasteiger partial charge in [-0.1, -0.05) is 48.9 Å². The first-order valence-corrected chi connectivity index (χ1v) is 8.88. The summed E-state index contributed by atoms with van der Waals surface area (Å²) < 4.78 is 2.32. The molecule has 1 aromatic heterocycles. The van der Waals surface area contributed by atoms with E-state index in [1.807, 2.05) is 11.8 Å². The van der Waals surface area contributed by atoms with Crippen LogP contribution >= 0.6 is 11.8 Å². The lowest BCUT2D eigenvalue weighted by atomic mass is 10.1. The Kier molecular flexibility index (Phi) is 4.63. The van der Waals surface area contributed by atoms with Crippen molar-refractivity contribution < 1.29 is 0 Å². The maximum absolute atomic E-state index is 4.50. The Bertz CT molecular complexity index is 600. The van der Waals surface area contributed by atoms with Gasteiger partial charge >= 0.3 is 0 Å². The van der Waals surface area contributed by atoms with E-state index in [9.17, 15) is 0 Å². The molecule has 0 aliphatic heterocycles. The van der Waals surface area contributed by atoms with Crippen molar-refractivity contribution in [2.45, 2.75) is 62.9 Å². The molecule has 1 aliphatic carbocycles. The standard InChI is InChI=1S/C17H23N3S/c1-3-20-16(14-9-6-7-10-14)18-19-17(20)21-12-15-11-5-4-8-13(15)2/h4-5,8,11,14H,3,6-7,9-10,12H2,1-2H3. The Balaban J connectivity index is 1.75. The summed E-state index contributed by atoms with van der Waals surface area (Å²) in [4.78, 5) is 0. The molecule has 0 unspecified atom stereocenters. The van der Waals surface area contributed by atoms with Gasteiger partial charge < -0.3 is 4.57 Å². The van der Waals surface area contributed by atoms with Crippen LogP contribution in [0.2, 0.25) is 0 Å². The highest BCUT2D eigenvalue weighted by Crippen LogP contribution is 2.35. The van der Waals surface area contributed by atoms with Crippen molar-refractivity contribution in [2.75, 3.05) is 0 Å². The van der Waals surface area contributed by atoms with Gasteiger partial charge in [-0.25, -0.2) is 0 Å². The number of hydrogen-bond donors (Lipinski definition) is 0. The topological polar surface area (TPSA) is 30.7 Å². The van der Waals surface area contributed by atoms with E-state index in [0.717, 1.165) is 17.5 Å². The lowest BCUT2D eigenvalue weighted by Gasteiger charge is -2.12. The van der Waals surface area contributed by atoms with Gasteiger partial charge in [0.05, 0.1) is 0 Å². The van der Waals surface area contributed by atoms with Crippen LogP contribution in [-0.2, 0) is 12.3 Å². The molecule has 0 bridgehead atoms. The quantitative estimate of drug-likeness (QED) is 0.759. The van der Waals surface area contributed by atoms with Crippen molar-refractivity contribution in [1.29, 1.82) is 0 Å². The predicted octanol–water partition coefficient (Wildman–Crippen LogP) is 4.56. The molecule has 0 saturated heterocycles. The van der Waals surface area contributed by atoms with Gasteiger partial charge in [0.1, 0.15) is 5.82 Å². The monoisotopic (exact) mass is 301 g/mol. The van der Waals surface area contributed by atoms with E-state index in [4.69, 9.17) is 0 Å². The van der Waals surface area contributed by atoms with E-state index in [0.29, 0.717) is 5.92 Å². The van der Waals surface area contributed by atoms with Crippen LogP contribution < -0.4 is 0 Å². The second-order valence-corrected chi connectivity index (χ2v) is 6.72. The minimum Gasteiger partial charge on any atom is -0.306 e. The van der Waals surface area contributed by atoms with E-state index in [-0.39, 0.29) is 0 Å². The summed E-state index contributed by atoms with van der Waals surface area (Å²) in [7, 11) is 0. The van der Waals surface area contributed by atoms with E-state index in [1.165, 1.54) is 42.6 Å². The smallest absolute Gasteiger partial charge is 0.191 e. The Morgan fingerprint density at radius 2 is 1.95 bits per heavy atom. The molecule has 0 radical (unpaired) electrons. The predicted molar refractivity (Wildman–Crippen MR) is 87.6 cm³/mol. The number of hydrogen-bond acceptors (Lipinski definition) is 3. The molecule has 0 spiro atoms. The van der Waals surface area contributed by atoms with Crippen molar-refractivity contribution in [1.82, 2.24) is 14.8 Å². The lowest BCUT2D eigenvalue weighted by Crippen LogP contribution is -2.06. The molecule has 3 rings (SSSR count). The SMILES string of the molecule is CCn1c(SCc2ccccc2C)nnc1C1CCCC1. The van der Waals surface area contributed by atoms with Crippen LogP contribution in [0.4, 0.5) is 0 Å². The molecule has 0 amide bonds. The van der Waals surface area contributed by atoms with Gasteiger partial charge in [0.15, 0.2) is 5.16 Å². The van der Waals surface area contributed by atoms with E-state index >= 15 is 0 Å². The number of aromatic nitrogens is 3. The molecule has 21 heavy (non-hydrogen) atoms. The molecule has 0 N–H and O–H groups in total. The molecular weight excluding hydrogens is 278 g/mol. The van der Waals surface area contributed by atoms with Crippen molar-refractivity contribution in [3.8, 4) is 0 Å². The number of benzene rings is 1. The molecule has 1 aliphatic rings. The highest BCUT2D eigenvalue weighted by atomic mass is 32.2. The van der Waals surface area contributed by atoms with Gasteiger partial charge in [0, 0.05) is 18.2 Å². The molecule has 2 aromatic rings. The Morgan fingerprint density at radius 3 is 2.67 bits per heavy atom. The molecule has 0 atom stereocenters. The number of thioether (sulfide) groups is 1. The second-order valence-electron chi connectivity index (χ2n) is 5.78. The second kappa shape index (κ2) is 6.65. The van der Waals surface area contributed by atoms with Crippen LogP contribution in [0.1, 0.15) is 55.5 Å². The van der Waals surface area contributed by atoms with Crippen molar-refractivity contribution in [2.24, 2.45) is 0 Å². The highest BCUT2D eigenvalue weighted by molar-refractivity contribution is 7.98. The first-order chi connectivity index (χ1) is 10.3. The Labute approximate surface area is 131 Å². The fourth-order valence-corrected chi connectivity index (χ4v) is 4.19. The minimum absolute atomic E-state index is 0.630. The van der Waals surface area contributed by atoms with Crippen molar-refractivity contribution in [3.63, 3.8) is 0 Å². The third kappa shape index (κ3) is 3.15. The third-order valence-electron chi connectivity index (χ3n) is 4.40. The third-order valence-corrected chi connectivity index (χ3v) is 5.42. The fourth-order valence-electron chi connectivity index (χ4n) is 3.10. The molecule has 1 heterocycles. The van der Waals surface area contributed by atoms with Crippen LogP contribution in [0, 0.1) is 6.92 Å².